The summed E-state index contributed by atoms with van der Waals surface area (Å²) in [4.78, 5) is 19.2. The van der Waals surface area contributed by atoms with Gasteiger partial charge in [0.2, 0.25) is 0 Å². The van der Waals surface area contributed by atoms with Crippen LogP contribution < -0.4 is 4.72 Å². The molecule has 3 aromatic rings. The van der Waals surface area contributed by atoms with Gasteiger partial charge in [0.05, 0.1) is 11.3 Å². The van der Waals surface area contributed by atoms with Crippen molar-refractivity contribution in [2.24, 2.45) is 0 Å². The zero-order chi connectivity index (χ0) is 17.5. The third-order valence-electron chi connectivity index (χ3n) is 3.28. The van der Waals surface area contributed by atoms with Gasteiger partial charge >= 0.3 is 5.97 Å². The number of aryl methyl sites for hydroxylation is 2. The standard InChI is InChI=1S/C14H13N5O4S/c1-8-6-15-13-16-14(17-19(13)7-8)24(22,23)18-11-9(2)4-3-5-10(11)12(20)21/h3-7,18H,1-2H3,(H,20,21). The number of hydrogen-bond acceptors (Lipinski definition) is 6. The van der Waals surface area contributed by atoms with E-state index in [-0.39, 0.29) is 17.0 Å². The van der Waals surface area contributed by atoms with E-state index in [2.05, 4.69) is 19.8 Å². The Balaban J connectivity index is 2.07. The van der Waals surface area contributed by atoms with E-state index in [1.54, 1.807) is 26.1 Å². The molecule has 9 nitrogen and oxygen atoms in total. The molecular formula is C14H13N5O4S. The molecule has 0 saturated heterocycles. The first-order chi connectivity index (χ1) is 11.3. The lowest BCUT2D eigenvalue weighted by Gasteiger charge is -2.11. The Hall–Kier alpha value is -3.01. The van der Waals surface area contributed by atoms with Gasteiger partial charge in [-0.15, -0.1) is 5.10 Å². The molecule has 0 radical (unpaired) electrons. The second kappa shape index (κ2) is 5.57. The van der Waals surface area contributed by atoms with Crippen molar-refractivity contribution in [2.45, 2.75) is 19.0 Å². The van der Waals surface area contributed by atoms with Crippen LogP contribution in [-0.2, 0) is 10.0 Å². The molecule has 0 amide bonds. The topological polar surface area (TPSA) is 127 Å². The predicted molar refractivity (Wildman–Crippen MR) is 84.5 cm³/mol. The van der Waals surface area contributed by atoms with E-state index in [1.807, 2.05) is 0 Å². The molecule has 2 aromatic heterocycles. The average molecular weight is 347 g/mol. The molecule has 3 rings (SSSR count). The number of benzene rings is 1. The number of anilines is 1. The van der Waals surface area contributed by atoms with Crippen LogP contribution in [0.3, 0.4) is 0 Å². The van der Waals surface area contributed by atoms with Gasteiger partial charge in [-0.1, -0.05) is 12.1 Å². The summed E-state index contributed by atoms with van der Waals surface area (Å²) in [5.74, 6) is -1.11. The SMILES string of the molecule is Cc1cnc2nc(S(=O)(=O)Nc3c(C)cccc3C(=O)O)nn2c1. The first-order valence-corrected chi connectivity index (χ1v) is 8.31. The van der Waals surface area contributed by atoms with Crippen molar-refractivity contribution < 1.29 is 18.3 Å². The molecule has 0 aliphatic heterocycles. The van der Waals surface area contributed by atoms with Crippen molar-refractivity contribution in [3.8, 4) is 0 Å². The van der Waals surface area contributed by atoms with Crippen molar-refractivity contribution >= 4 is 27.5 Å². The summed E-state index contributed by atoms with van der Waals surface area (Å²) < 4.78 is 28.5. The van der Waals surface area contributed by atoms with E-state index in [1.165, 1.54) is 22.8 Å². The van der Waals surface area contributed by atoms with Gasteiger partial charge in [-0.3, -0.25) is 4.72 Å². The molecule has 1 aromatic carbocycles. The maximum atomic E-state index is 12.5. The molecule has 0 unspecified atom stereocenters. The molecule has 0 fully saturated rings. The van der Waals surface area contributed by atoms with Crippen LogP contribution in [0.15, 0.2) is 35.7 Å². The van der Waals surface area contributed by atoms with Crippen LogP contribution in [-0.4, -0.2) is 39.1 Å². The maximum Gasteiger partial charge on any atom is 0.337 e. The van der Waals surface area contributed by atoms with Gasteiger partial charge in [0.25, 0.3) is 21.0 Å². The lowest BCUT2D eigenvalue weighted by Crippen LogP contribution is -2.18. The zero-order valence-corrected chi connectivity index (χ0v) is 13.6. The van der Waals surface area contributed by atoms with Crippen LogP contribution in [0.2, 0.25) is 0 Å². The number of rotatable bonds is 4. The lowest BCUT2D eigenvalue weighted by molar-refractivity contribution is 0.0698. The molecule has 0 aliphatic rings. The van der Waals surface area contributed by atoms with Crippen LogP contribution in [0.5, 0.6) is 0 Å². The van der Waals surface area contributed by atoms with Crippen molar-refractivity contribution in [3.05, 3.63) is 47.3 Å². The van der Waals surface area contributed by atoms with Gasteiger partial charge < -0.3 is 5.11 Å². The van der Waals surface area contributed by atoms with Crippen LogP contribution >= 0.6 is 0 Å². The monoisotopic (exact) mass is 347 g/mol. The number of carbonyl (C=O) groups is 1. The summed E-state index contributed by atoms with van der Waals surface area (Å²) >= 11 is 0. The Morgan fingerprint density at radius 2 is 2.04 bits per heavy atom. The summed E-state index contributed by atoms with van der Waals surface area (Å²) in [6, 6.07) is 4.45. The van der Waals surface area contributed by atoms with Crippen LogP contribution in [0.25, 0.3) is 5.78 Å². The Kier molecular flexibility index (Phi) is 3.68. The highest BCUT2D eigenvalue weighted by atomic mass is 32.2. The van der Waals surface area contributed by atoms with E-state index >= 15 is 0 Å². The van der Waals surface area contributed by atoms with Gasteiger partial charge in [-0.2, -0.15) is 13.4 Å². The molecular weight excluding hydrogens is 334 g/mol. The molecule has 2 heterocycles. The summed E-state index contributed by atoms with van der Waals surface area (Å²) in [5, 5.41) is 12.6. The number of para-hydroxylation sites is 1. The van der Waals surface area contributed by atoms with Crippen LogP contribution in [0.4, 0.5) is 5.69 Å². The van der Waals surface area contributed by atoms with E-state index in [4.69, 9.17) is 0 Å². The molecule has 0 atom stereocenters. The minimum absolute atomic E-state index is 0.0204. The summed E-state index contributed by atoms with van der Waals surface area (Å²) in [7, 11) is -4.16. The fraction of sp³-hybridized carbons (Fsp3) is 0.143. The van der Waals surface area contributed by atoms with Crippen molar-refractivity contribution in [3.63, 3.8) is 0 Å². The number of carboxylic acid groups (broad SMARTS) is 1. The van der Waals surface area contributed by atoms with Gasteiger partial charge in [0.1, 0.15) is 0 Å². The predicted octanol–water partition coefficient (Wildman–Crippen LogP) is 1.24. The van der Waals surface area contributed by atoms with Gasteiger partial charge in [-0.05, 0) is 31.0 Å². The van der Waals surface area contributed by atoms with Crippen molar-refractivity contribution in [1.82, 2.24) is 19.6 Å². The highest BCUT2D eigenvalue weighted by molar-refractivity contribution is 7.92. The Labute approximate surface area is 137 Å². The quantitative estimate of drug-likeness (QED) is 0.727. The molecule has 0 spiro atoms. The van der Waals surface area contributed by atoms with Crippen molar-refractivity contribution in [1.29, 1.82) is 0 Å². The summed E-state index contributed by atoms with van der Waals surface area (Å²) in [6.45, 7) is 3.39. The Morgan fingerprint density at radius 1 is 1.29 bits per heavy atom. The number of sulfonamides is 1. The average Bonchev–Trinajstić information content (AvgIpc) is 2.92. The fourth-order valence-electron chi connectivity index (χ4n) is 2.13. The summed E-state index contributed by atoms with van der Waals surface area (Å²) in [6.07, 6.45) is 3.13. The number of hydrogen-bond donors (Lipinski definition) is 2. The number of nitrogens with one attached hydrogen (secondary N) is 1. The minimum Gasteiger partial charge on any atom is -0.478 e. The maximum absolute atomic E-state index is 12.5. The number of nitrogens with zero attached hydrogens (tertiary/aromatic N) is 4. The first-order valence-electron chi connectivity index (χ1n) is 6.83. The minimum atomic E-state index is -4.16. The van der Waals surface area contributed by atoms with E-state index in [0.717, 1.165) is 5.56 Å². The van der Waals surface area contributed by atoms with Crippen LogP contribution in [0.1, 0.15) is 21.5 Å². The van der Waals surface area contributed by atoms with E-state index < -0.39 is 21.1 Å². The Bertz CT molecular complexity index is 1060. The Morgan fingerprint density at radius 3 is 2.75 bits per heavy atom. The molecule has 24 heavy (non-hydrogen) atoms. The molecule has 124 valence electrons. The normalized spacial score (nSPS) is 11.6. The molecule has 2 N–H and O–H groups in total. The fourth-order valence-corrected chi connectivity index (χ4v) is 3.16. The first kappa shape index (κ1) is 15.9. The second-order valence-corrected chi connectivity index (χ2v) is 6.75. The highest BCUT2D eigenvalue weighted by Gasteiger charge is 2.24. The van der Waals surface area contributed by atoms with E-state index in [0.29, 0.717) is 5.56 Å². The molecule has 0 bridgehead atoms. The smallest absolute Gasteiger partial charge is 0.337 e. The van der Waals surface area contributed by atoms with E-state index in [9.17, 15) is 18.3 Å². The van der Waals surface area contributed by atoms with Gasteiger partial charge in [0.15, 0.2) is 0 Å². The lowest BCUT2D eigenvalue weighted by atomic mass is 10.1. The number of aromatic carboxylic acids is 1. The second-order valence-electron chi connectivity index (χ2n) is 5.18. The number of aromatic nitrogens is 4. The number of carboxylic acids is 1. The third-order valence-corrected chi connectivity index (χ3v) is 4.41. The van der Waals surface area contributed by atoms with Crippen molar-refractivity contribution in [2.75, 3.05) is 4.72 Å². The molecule has 0 aliphatic carbocycles. The number of fused-ring (bicyclic) bond motifs is 1. The van der Waals surface area contributed by atoms with Gasteiger partial charge in [-0.25, -0.2) is 14.3 Å². The highest BCUT2D eigenvalue weighted by Crippen LogP contribution is 2.23. The largest absolute Gasteiger partial charge is 0.478 e. The van der Waals surface area contributed by atoms with Crippen LogP contribution in [0, 0.1) is 13.8 Å². The third kappa shape index (κ3) is 2.78. The van der Waals surface area contributed by atoms with Gasteiger partial charge in [0, 0.05) is 12.4 Å². The zero-order valence-electron chi connectivity index (χ0n) is 12.8. The molecule has 10 heteroatoms. The summed E-state index contributed by atoms with van der Waals surface area (Å²) in [5.41, 5.74) is 1.08. The molecule has 0 saturated carbocycles.